The molecule has 0 radical (unpaired) electrons. The highest BCUT2D eigenvalue weighted by molar-refractivity contribution is 6.02. The summed E-state index contributed by atoms with van der Waals surface area (Å²) in [5.41, 5.74) is 0.990. The molecule has 0 unspecified atom stereocenters. The smallest absolute Gasteiger partial charge is 0.325 e. The van der Waals surface area contributed by atoms with Gasteiger partial charge in [0.05, 0.1) is 6.20 Å². The molecule has 2 rings (SSSR count). The van der Waals surface area contributed by atoms with Crippen LogP contribution in [0.25, 0.3) is 0 Å². The number of nitrogens with one attached hydrogen (secondary N) is 1. The number of hydrogen-bond donors (Lipinski definition) is 2. The van der Waals surface area contributed by atoms with Crippen LogP contribution in [0.2, 0.25) is 0 Å². The summed E-state index contributed by atoms with van der Waals surface area (Å²) in [7, 11) is 0. The number of carboxylic acids is 1. The highest BCUT2D eigenvalue weighted by Gasteiger charge is 2.12. The van der Waals surface area contributed by atoms with Gasteiger partial charge in [0.1, 0.15) is 12.4 Å². The van der Waals surface area contributed by atoms with Gasteiger partial charge in [-0.05, 0) is 24.6 Å². The Kier molecular flexibility index (Phi) is 3.51. The molecule has 0 spiro atoms. The second kappa shape index (κ2) is 5.25. The molecule has 8 heteroatoms. The zero-order chi connectivity index (χ0) is 13.8. The standard InChI is InChI=1S/C11H11N5O3/c1-7-2-3-12-9(4-7)13-11(19)8-5-16(15-14-8)6-10(17)18/h2-5H,6H2,1H3,(H,17,18)(H,12,13,19). The van der Waals surface area contributed by atoms with Crippen molar-refractivity contribution in [1.82, 2.24) is 20.0 Å². The fraction of sp³-hybridized carbons (Fsp3) is 0.182. The van der Waals surface area contributed by atoms with Gasteiger partial charge in [0, 0.05) is 6.20 Å². The molecule has 0 aliphatic carbocycles. The number of amides is 1. The van der Waals surface area contributed by atoms with Crippen molar-refractivity contribution in [2.45, 2.75) is 13.5 Å². The quantitative estimate of drug-likeness (QED) is 0.820. The highest BCUT2D eigenvalue weighted by atomic mass is 16.4. The van der Waals surface area contributed by atoms with E-state index in [9.17, 15) is 9.59 Å². The molecule has 2 aromatic heterocycles. The molecular formula is C11H11N5O3. The molecule has 2 heterocycles. The topological polar surface area (TPSA) is 110 Å². The van der Waals surface area contributed by atoms with E-state index in [-0.39, 0.29) is 12.2 Å². The van der Waals surface area contributed by atoms with Crippen LogP contribution in [0.1, 0.15) is 16.1 Å². The minimum atomic E-state index is -1.06. The number of anilines is 1. The van der Waals surface area contributed by atoms with Gasteiger partial charge < -0.3 is 10.4 Å². The molecule has 2 N–H and O–H groups in total. The summed E-state index contributed by atoms with van der Waals surface area (Å²) in [5.74, 6) is -1.15. The fourth-order valence-corrected chi connectivity index (χ4v) is 1.40. The molecule has 0 saturated carbocycles. The summed E-state index contributed by atoms with van der Waals surface area (Å²) in [6, 6.07) is 3.51. The van der Waals surface area contributed by atoms with Crippen molar-refractivity contribution in [2.75, 3.05) is 5.32 Å². The lowest BCUT2D eigenvalue weighted by Gasteiger charge is -2.01. The van der Waals surface area contributed by atoms with Gasteiger partial charge in [0.2, 0.25) is 0 Å². The second-order valence-electron chi connectivity index (χ2n) is 3.87. The normalized spacial score (nSPS) is 10.2. The minimum absolute atomic E-state index is 0.0320. The Morgan fingerprint density at radius 2 is 2.26 bits per heavy atom. The lowest BCUT2D eigenvalue weighted by Crippen LogP contribution is -2.13. The Labute approximate surface area is 108 Å². The van der Waals surface area contributed by atoms with E-state index in [4.69, 9.17) is 5.11 Å². The molecule has 0 bridgehead atoms. The van der Waals surface area contributed by atoms with Crippen molar-refractivity contribution < 1.29 is 14.7 Å². The van der Waals surface area contributed by atoms with Crippen LogP contribution in [0.3, 0.4) is 0 Å². The minimum Gasteiger partial charge on any atom is -0.480 e. The molecule has 1 amide bonds. The average Bonchev–Trinajstić information content (AvgIpc) is 2.76. The van der Waals surface area contributed by atoms with Crippen LogP contribution in [-0.4, -0.2) is 37.0 Å². The maximum atomic E-state index is 11.8. The van der Waals surface area contributed by atoms with Gasteiger partial charge in [0.15, 0.2) is 5.69 Å². The molecule has 0 saturated heterocycles. The van der Waals surface area contributed by atoms with E-state index >= 15 is 0 Å². The van der Waals surface area contributed by atoms with Crippen LogP contribution >= 0.6 is 0 Å². The number of nitrogens with zero attached hydrogens (tertiary/aromatic N) is 4. The summed E-state index contributed by atoms with van der Waals surface area (Å²) in [6.07, 6.45) is 2.84. The Morgan fingerprint density at radius 1 is 1.47 bits per heavy atom. The first-order valence-electron chi connectivity index (χ1n) is 5.40. The summed E-state index contributed by atoms with van der Waals surface area (Å²) in [5, 5.41) is 18.3. The summed E-state index contributed by atoms with van der Waals surface area (Å²) in [4.78, 5) is 26.3. The van der Waals surface area contributed by atoms with Crippen LogP contribution in [0.15, 0.2) is 24.5 Å². The van der Waals surface area contributed by atoms with Gasteiger partial charge in [0.25, 0.3) is 5.91 Å². The van der Waals surface area contributed by atoms with Crippen LogP contribution in [0.4, 0.5) is 5.82 Å². The van der Waals surface area contributed by atoms with Crippen molar-refractivity contribution in [3.05, 3.63) is 35.8 Å². The number of aliphatic carboxylic acids is 1. The third-order valence-corrected chi connectivity index (χ3v) is 2.23. The lowest BCUT2D eigenvalue weighted by atomic mass is 10.3. The number of carbonyl (C=O) groups is 2. The summed E-state index contributed by atoms with van der Waals surface area (Å²) in [6.45, 7) is 1.53. The first-order valence-corrected chi connectivity index (χ1v) is 5.40. The van der Waals surface area contributed by atoms with Gasteiger partial charge in [-0.1, -0.05) is 5.21 Å². The lowest BCUT2D eigenvalue weighted by molar-refractivity contribution is -0.137. The van der Waals surface area contributed by atoms with Crippen molar-refractivity contribution >= 4 is 17.7 Å². The van der Waals surface area contributed by atoms with E-state index in [1.165, 1.54) is 6.20 Å². The molecule has 19 heavy (non-hydrogen) atoms. The highest BCUT2D eigenvalue weighted by Crippen LogP contribution is 2.06. The maximum absolute atomic E-state index is 11.8. The number of carbonyl (C=O) groups excluding carboxylic acids is 1. The third-order valence-electron chi connectivity index (χ3n) is 2.23. The summed E-state index contributed by atoms with van der Waals surface area (Å²) >= 11 is 0. The van der Waals surface area contributed by atoms with Crippen molar-refractivity contribution in [3.8, 4) is 0 Å². The average molecular weight is 261 g/mol. The molecule has 0 aliphatic rings. The van der Waals surface area contributed by atoms with E-state index in [0.717, 1.165) is 10.2 Å². The van der Waals surface area contributed by atoms with E-state index in [2.05, 4.69) is 20.6 Å². The monoisotopic (exact) mass is 261 g/mol. The van der Waals surface area contributed by atoms with E-state index in [0.29, 0.717) is 5.82 Å². The molecule has 2 aromatic rings. The van der Waals surface area contributed by atoms with Gasteiger partial charge in [-0.2, -0.15) is 0 Å². The van der Waals surface area contributed by atoms with Gasteiger partial charge >= 0.3 is 5.97 Å². The van der Waals surface area contributed by atoms with Crippen LogP contribution < -0.4 is 5.32 Å². The zero-order valence-corrected chi connectivity index (χ0v) is 10.1. The predicted molar refractivity (Wildman–Crippen MR) is 64.6 cm³/mol. The van der Waals surface area contributed by atoms with Gasteiger partial charge in [-0.25, -0.2) is 9.67 Å². The Balaban J connectivity index is 2.07. The summed E-state index contributed by atoms with van der Waals surface area (Å²) < 4.78 is 1.07. The van der Waals surface area contributed by atoms with E-state index < -0.39 is 11.9 Å². The first-order chi connectivity index (χ1) is 9.04. The Bertz CT molecular complexity index is 622. The van der Waals surface area contributed by atoms with Gasteiger partial charge in [-0.15, -0.1) is 5.10 Å². The Hall–Kier alpha value is -2.77. The van der Waals surface area contributed by atoms with Crippen LogP contribution in [-0.2, 0) is 11.3 Å². The zero-order valence-electron chi connectivity index (χ0n) is 10.1. The predicted octanol–water partition coefficient (Wildman–Crippen LogP) is 0.318. The number of rotatable bonds is 4. The molecule has 0 aliphatic heterocycles. The molecule has 0 atom stereocenters. The van der Waals surface area contributed by atoms with E-state index in [1.54, 1.807) is 18.3 Å². The molecule has 8 nitrogen and oxygen atoms in total. The molecule has 98 valence electrons. The van der Waals surface area contributed by atoms with Crippen LogP contribution in [0, 0.1) is 6.92 Å². The van der Waals surface area contributed by atoms with Crippen molar-refractivity contribution in [2.24, 2.45) is 0 Å². The van der Waals surface area contributed by atoms with Crippen molar-refractivity contribution in [3.63, 3.8) is 0 Å². The number of hydrogen-bond acceptors (Lipinski definition) is 5. The number of carboxylic acid groups (broad SMARTS) is 1. The second-order valence-corrected chi connectivity index (χ2v) is 3.87. The largest absolute Gasteiger partial charge is 0.480 e. The molecule has 0 aromatic carbocycles. The van der Waals surface area contributed by atoms with Gasteiger partial charge in [-0.3, -0.25) is 9.59 Å². The number of pyridine rings is 1. The number of aryl methyl sites for hydroxylation is 1. The molecule has 0 fully saturated rings. The third kappa shape index (κ3) is 3.35. The Morgan fingerprint density at radius 3 is 2.95 bits per heavy atom. The SMILES string of the molecule is Cc1ccnc(NC(=O)c2cn(CC(=O)O)nn2)c1. The van der Waals surface area contributed by atoms with E-state index in [1.807, 2.05) is 6.92 Å². The fourth-order valence-electron chi connectivity index (χ4n) is 1.40. The maximum Gasteiger partial charge on any atom is 0.325 e. The number of aromatic nitrogens is 4. The van der Waals surface area contributed by atoms with Crippen molar-refractivity contribution in [1.29, 1.82) is 0 Å². The molecular weight excluding hydrogens is 250 g/mol. The van der Waals surface area contributed by atoms with Crippen LogP contribution in [0.5, 0.6) is 0 Å². The first kappa shape index (κ1) is 12.7.